The van der Waals surface area contributed by atoms with E-state index in [9.17, 15) is 9.90 Å². The zero-order valence-electron chi connectivity index (χ0n) is 12.2. The van der Waals surface area contributed by atoms with Crippen LogP contribution in [0, 0.1) is 13.8 Å². The number of hydrogen-bond donors (Lipinski definition) is 1. The van der Waals surface area contributed by atoms with Crippen LogP contribution in [-0.2, 0) is 19.5 Å². The Labute approximate surface area is 128 Å². The summed E-state index contributed by atoms with van der Waals surface area (Å²) in [6.45, 7) is 6.67. The van der Waals surface area contributed by atoms with E-state index >= 15 is 0 Å². The van der Waals surface area contributed by atoms with Crippen LogP contribution in [-0.4, -0.2) is 27.5 Å². The van der Waals surface area contributed by atoms with Crippen LogP contribution in [0.4, 0.5) is 0 Å². The summed E-state index contributed by atoms with van der Waals surface area (Å²) in [5.41, 5.74) is 3.69. The van der Waals surface area contributed by atoms with Gasteiger partial charge in [-0.05, 0) is 37.5 Å². The van der Waals surface area contributed by atoms with Gasteiger partial charge in [-0.2, -0.15) is 0 Å². The van der Waals surface area contributed by atoms with Gasteiger partial charge in [0.05, 0.1) is 17.8 Å². The normalized spacial score (nSPS) is 15.0. The van der Waals surface area contributed by atoms with E-state index in [2.05, 4.69) is 16.8 Å². The number of benzene rings is 1. The van der Waals surface area contributed by atoms with Crippen LogP contribution in [0.5, 0.6) is 0 Å². The Hall–Kier alpha value is -1.72. The third-order valence-electron chi connectivity index (χ3n) is 4.01. The predicted octanol–water partition coefficient (Wildman–Crippen LogP) is 3.02. The highest BCUT2D eigenvalue weighted by Crippen LogP contribution is 2.25. The largest absolute Gasteiger partial charge is 0.478 e. The van der Waals surface area contributed by atoms with E-state index in [1.165, 1.54) is 4.88 Å². The van der Waals surface area contributed by atoms with Crippen LogP contribution >= 0.6 is 11.3 Å². The monoisotopic (exact) mass is 302 g/mol. The van der Waals surface area contributed by atoms with Gasteiger partial charge in [-0.1, -0.05) is 12.1 Å². The number of thiazole rings is 1. The van der Waals surface area contributed by atoms with Gasteiger partial charge in [0.2, 0.25) is 0 Å². The Morgan fingerprint density at radius 2 is 2.24 bits per heavy atom. The number of nitrogens with zero attached hydrogens (tertiary/aromatic N) is 2. The molecule has 1 aliphatic rings. The molecule has 4 nitrogen and oxygen atoms in total. The summed E-state index contributed by atoms with van der Waals surface area (Å²) in [7, 11) is 0. The number of hydrogen-bond acceptors (Lipinski definition) is 4. The lowest BCUT2D eigenvalue weighted by atomic mass is 9.94. The third kappa shape index (κ3) is 2.84. The first-order valence-electron chi connectivity index (χ1n) is 7.04. The van der Waals surface area contributed by atoms with E-state index in [1.807, 2.05) is 19.1 Å². The summed E-state index contributed by atoms with van der Waals surface area (Å²) < 4.78 is 0. The molecule has 0 atom stereocenters. The topological polar surface area (TPSA) is 53.4 Å². The maximum atomic E-state index is 11.3. The Bertz CT molecular complexity index is 674. The number of fused-ring (bicyclic) bond motifs is 1. The van der Waals surface area contributed by atoms with Crippen molar-refractivity contribution in [1.29, 1.82) is 0 Å². The Kier molecular flexibility index (Phi) is 3.78. The molecule has 1 N–H and O–H groups in total. The zero-order valence-corrected chi connectivity index (χ0v) is 13.0. The molecule has 1 aliphatic heterocycles. The van der Waals surface area contributed by atoms with E-state index in [0.29, 0.717) is 5.56 Å². The minimum absolute atomic E-state index is 0.452. The molecular weight excluding hydrogens is 284 g/mol. The molecule has 1 aromatic carbocycles. The quantitative estimate of drug-likeness (QED) is 0.947. The average molecular weight is 302 g/mol. The number of carboxylic acid groups (broad SMARTS) is 1. The molecule has 0 bridgehead atoms. The van der Waals surface area contributed by atoms with Crippen molar-refractivity contribution >= 4 is 17.3 Å². The summed E-state index contributed by atoms with van der Waals surface area (Å²) in [5.74, 6) is -0.827. The maximum absolute atomic E-state index is 11.3. The van der Waals surface area contributed by atoms with Crippen molar-refractivity contribution in [3.05, 3.63) is 50.5 Å². The predicted molar refractivity (Wildman–Crippen MR) is 82.8 cm³/mol. The van der Waals surface area contributed by atoms with Crippen LogP contribution in [0.15, 0.2) is 18.2 Å². The van der Waals surface area contributed by atoms with Crippen molar-refractivity contribution < 1.29 is 9.90 Å². The summed E-state index contributed by atoms with van der Waals surface area (Å²) >= 11 is 1.75. The highest BCUT2D eigenvalue weighted by molar-refractivity contribution is 7.11. The van der Waals surface area contributed by atoms with Crippen LogP contribution in [0.3, 0.4) is 0 Å². The van der Waals surface area contributed by atoms with Gasteiger partial charge in [-0.15, -0.1) is 11.3 Å². The molecule has 110 valence electrons. The van der Waals surface area contributed by atoms with Gasteiger partial charge in [0.1, 0.15) is 5.01 Å². The maximum Gasteiger partial charge on any atom is 0.335 e. The molecule has 0 unspecified atom stereocenters. The molecule has 0 radical (unpaired) electrons. The smallest absolute Gasteiger partial charge is 0.335 e. The molecule has 21 heavy (non-hydrogen) atoms. The fourth-order valence-corrected chi connectivity index (χ4v) is 3.78. The highest BCUT2D eigenvalue weighted by Gasteiger charge is 2.21. The molecule has 5 heteroatoms. The SMILES string of the molecule is Cc1nc(CN2CCc3c(cccc3C(=O)O)C2)sc1C. The third-order valence-corrected chi connectivity index (χ3v) is 5.06. The van der Waals surface area contributed by atoms with Gasteiger partial charge < -0.3 is 5.11 Å². The van der Waals surface area contributed by atoms with E-state index in [-0.39, 0.29) is 0 Å². The van der Waals surface area contributed by atoms with Crippen molar-refractivity contribution in [1.82, 2.24) is 9.88 Å². The highest BCUT2D eigenvalue weighted by atomic mass is 32.1. The van der Waals surface area contributed by atoms with Crippen molar-refractivity contribution in [3.63, 3.8) is 0 Å². The second kappa shape index (κ2) is 5.58. The second-order valence-electron chi connectivity index (χ2n) is 5.46. The fourth-order valence-electron chi connectivity index (χ4n) is 2.80. The summed E-state index contributed by atoms with van der Waals surface area (Å²) in [5, 5.41) is 10.4. The first-order valence-corrected chi connectivity index (χ1v) is 7.85. The van der Waals surface area contributed by atoms with Gasteiger partial charge >= 0.3 is 5.97 Å². The first-order chi connectivity index (χ1) is 10.0. The van der Waals surface area contributed by atoms with E-state index in [1.54, 1.807) is 17.4 Å². The fraction of sp³-hybridized carbons (Fsp3) is 0.375. The van der Waals surface area contributed by atoms with Gasteiger partial charge in [0.25, 0.3) is 0 Å². The molecule has 1 aromatic heterocycles. The standard InChI is InChI=1S/C16H18N2O2S/c1-10-11(2)21-15(17-10)9-18-7-6-13-12(8-18)4-3-5-14(13)16(19)20/h3-5H,6-9H2,1-2H3,(H,19,20). The van der Waals surface area contributed by atoms with Crippen molar-refractivity contribution in [2.24, 2.45) is 0 Å². The molecule has 2 aromatic rings. The Morgan fingerprint density at radius 3 is 2.90 bits per heavy atom. The number of aromatic nitrogens is 1. The van der Waals surface area contributed by atoms with Crippen LogP contribution < -0.4 is 0 Å². The van der Waals surface area contributed by atoms with Gasteiger partial charge in [0.15, 0.2) is 0 Å². The summed E-state index contributed by atoms with van der Waals surface area (Å²) in [6.07, 6.45) is 0.793. The van der Waals surface area contributed by atoms with Gasteiger partial charge in [-0.25, -0.2) is 9.78 Å². The lowest BCUT2D eigenvalue weighted by Crippen LogP contribution is -2.31. The molecule has 0 saturated heterocycles. The summed E-state index contributed by atoms with van der Waals surface area (Å²) in [4.78, 5) is 19.5. The number of rotatable bonds is 3. The minimum atomic E-state index is -0.827. The van der Waals surface area contributed by atoms with Gasteiger partial charge in [-0.3, -0.25) is 4.90 Å². The molecular formula is C16H18N2O2S. The lowest BCUT2D eigenvalue weighted by molar-refractivity contribution is 0.0694. The van der Waals surface area contributed by atoms with E-state index in [0.717, 1.165) is 47.9 Å². The molecule has 0 saturated carbocycles. The minimum Gasteiger partial charge on any atom is -0.478 e. The van der Waals surface area contributed by atoms with Crippen molar-refractivity contribution in [3.8, 4) is 0 Å². The summed E-state index contributed by atoms with van der Waals surface area (Å²) in [6, 6.07) is 5.57. The number of aryl methyl sites for hydroxylation is 2. The van der Waals surface area contributed by atoms with Crippen LogP contribution in [0.25, 0.3) is 0 Å². The second-order valence-corrected chi connectivity index (χ2v) is 6.75. The molecule has 3 rings (SSSR count). The van der Waals surface area contributed by atoms with Gasteiger partial charge in [0, 0.05) is 18.0 Å². The molecule has 2 heterocycles. The lowest BCUT2D eigenvalue weighted by Gasteiger charge is -2.28. The Morgan fingerprint density at radius 1 is 1.43 bits per heavy atom. The molecule has 0 aliphatic carbocycles. The van der Waals surface area contributed by atoms with E-state index < -0.39 is 5.97 Å². The first kappa shape index (κ1) is 14.2. The molecule has 0 amide bonds. The average Bonchev–Trinajstić information content (AvgIpc) is 2.76. The number of aromatic carboxylic acids is 1. The Balaban J connectivity index is 1.78. The molecule has 0 spiro atoms. The van der Waals surface area contributed by atoms with Crippen molar-refractivity contribution in [2.75, 3.05) is 6.54 Å². The number of carbonyl (C=O) groups is 1. The van der Waals surface area contributed by atoms with E-state index in [4.69, 9.17) is 0 Å². The van der Waals surface area contributed by atoms with Crippen LogP contribution in [0.2, 0.25) is 0 Å². The van der Waals surface area contributed by atoms with Crippen molar-refractivity contribution in [2.45, 2.75) is 33.4 Å². The number of carboxylic acids is 1. The zero-order chi connectivity index (χ0) is 15.0. The van der Waals surface area contributed by atoms with Crippen LogP contribution in [0.1, 0.15) is 37.1 Å². The molecule has 0 fully saturated rings.